The Morgan fingerprint density at radius 3 is 1.29 bits per heavy atom. The van der Waals surface area contributed by atoms with Crippen molar-refractivity contribution < 1.29 is 73.2 Å². The number of unbranched alkanes of at least 4 members (excludes halogenated alkanes) is 1. The van der Waals surface area contributed by atoms with Gasteiger partial charge >= 0.3 is 5.97 Å². The molecule has 1 saturated heterocycles. The monoisotopic (exact) mass is 1480 g/mol. The lowest BCUT2D eigenvalue weighted by Crippen LogP contribution is -2.63. The van der Waals surface area contributed by atoms with Crippen LogP contribution in [-0.4, -0.2) is 200 Å². The van der Waals surface area contributed by atoms with Crippen LogP contribution in [0.1, 0.15) is 80.3 Å². The van der Waals surface area contributed by atoms with E-state index in [1.807, 2.05) is 38.1 Å². The molecule has 0 bridgehead atoms. The molecule has 7 rings (SSSR count). The Morgan fingerprint density at radius 2 is 0.838 bits per heavy atom. The van der Waals surface area contributed by atoms with Crippen LogP contribution >= 0.6 is 21.6 Å². The third-order valence-electron chi connectivity index (χ3n) is 17.3. The number of hydrogen-bond donors (Lipinski definition) is 18. The predicted molar refractivity (Wildman–Crippen MR) is 398 cm³/mol. The summed E-state index contributed by atoms with van der Waals surface area (Å²) >= 11 is 0. The molecule has 20 N–H and O–H groups in total. The molecule has 0 aliphatic carbocycles. The number of rotatable bonds is 21. The number of H-pyrrole nitrogens is 1. The van der Waals surface area contributed by atoms with Gasteiger partial charge in [-0.1, -0.05) is 169 Å². The minimum absolute atomic E-state index is 0.0300. The van der Waals surface area contributed by atoms with E-state index in [4.69, 9.17) is 11.5 Å². The Bertz CT molecular complexity index is 3880. The lowest BCUT2D eigenvalue weighted by molar-refractivity contribution is -0.142. The largest absolute Gasteiger partial charge is 0.480 e. The maximum atomic E-state index is 15.5. The van der Waals surface area contributed by atoms with Gasteiger partial charge in [0.05, 0.1) is 24.9 Å². The molecule has 1 aromatic heterocycles. The van der Waals surface area contributed by atoms with E-state index in [-0.39, 0.29) is 62.6 Å². The van der Waals surface area contributed by atoms with Gasteiger partial charge in [0.15, 0.2) is 0 Å². The standard InChI is InChI=1S/C74H96N14O15S2/c1-42(2)77-37-49-29-27-48(28-30-49)35-57-69(97)87-62(43(3)90)72(100)84-58(34-47-22-12-7-13-23-47)70(98)88-63(44(4)91)73(101)85-60(39-89)71(99)86-61(74(102)103)41-105-104-40-52(76)64(92)79-54(26-16-17-31-75)65(93)80-55(32-45-18-8-5-9-19-45)66(94)81-56(33-46-20-10-6-11-21-46)67(95)83-59(68(96)82-57)36-50-38-78-53-25-15-14-24-51(50)53/h5-15,18-25,27-30,38,42-44,52,54-63,77-78,89-91H,16-17,26,31-37,39-41,75-76H2,1-4H3,(H,79,92)(H,80,93)(H,81,94)(H,82,96)(H,83,95)(H,84,100)(H,85,101)(H,86,99)(H,87,97)(H,88,98)(H,102,103)/t43-,44-,52+,54+,55?,56+,57+,58+,59-,60+,61+,62?,63?/m1/s1. The smallest absolute Gasteiger partial charge is 0.327 e. The molecular weight excluding hydrogens is 1390 g/mol. The molecule has 1 aliphatic heterocycles. The van der Waals surface area contributed by atoms with Gasteiger partial charge in [-0.25, -0.2) is 4.79 Å². The lowest BCUT2D eigenvalue weighted by Gasteiger charge is -2.29. The van der Waals surface area contributed by atoms with E-state index in [9.17, 15) is 54.0 Å². The number of benzene rings is 5. The van der Waals surface area contributed by atoms with Crippen LogP contribution < -0.4 is 70.0 Å². The number of carbonyl (C=O) groups is 11. The first-order valence-corrected chi connectivity index (χ1v) is 37.2. The number of aliphatic hydroxyl groups is 3. The second-order valence-corrected chi connectivity index (χ2v) is 28.7. The zero-order valence-electron chi connectivity index (χ0n) is 58.9. The number of amides is 10. The molecule has 0 saturated carbocycles. The van der Waals surface area contributed by atoms with E-state index in [0.717, 1.165) is 34.1 Å². The Morgan fingerprint density at radius 1 is 0.457 bits per heavy atom. The fourth-order valence-electron chi connectivity index (χ4n) is 11.4. The summed E-state index contributed by atoms with van der Waals surface area (Å²) in [5.41, 5.74) is 16.5. The van der Waals surface area contributed by atoms with Gasteiger partial charge in [0.2, 0.25) is 59.1 Å². The molecule has 0 spiro atoms. The van der Waals surface area contributed by atoms with Crippen molar-refractivity contribution in [3.05, 3.63) is 179 Å². The van der Waals surface area contributed by atoms with E-state index >= 15 is 19.2 Å². The maximum absolute atomic E-state index is 15.5. The summed E-state index contributed by atoms with van der Waals surface area (Å²) in [6, 6.07) is 22.4. The molecule has 2 heterocycles. The highest BCUT2D eigenvalue weighted by Gasteiger charge is 2.39. The van der Waals surface area contributed by atoms with E-state index in [1.54, 1.807) is 121 Å². The molecule has 5 aromatic carbocycles. The van der Waals surface area contributed by atoms with Crippen LogP contribution in [0.4, 0.5) is 0 Å². The molecular formula is C74H96N14O15S2. The lowest BCUT2D eigenvalue weighted by atomic mass is 9.99. The highest BCUT2D eigenvalue weighted by atomic mass is 33.1. The number of aliphatic hydroxyl groups excluding tert-OH is 3. The fraction of sp³-hybridized carbons (Fsp3) is 0.419. The maximum Gasteiger partial charge on any atom is 0.327 e. The summed E-state index contributed by atoms with van der Waals surface area (Å²) in [6.45, 7) is 5.92. The highest BCUT2D eigenvalue weighted by Crippen LogP contribution is 2.24. The van der Waals surface area contributed by atoms with Gasteiger partial charge in [-0.05, 0) is 79.1 Å². The quantitative estimate of drug-likeness (QED) is 0.0325. The number of carbonyl (C=O) groups excluding carboxylic acids is 10. The normalized spacial score (nSPS) is 23.8. The fourth-order valence-corrected chi connectivity index (χ4v) is 13.7. The number of para-hydroxylation sites is 1. The number of carboxylic acid groups (broad SMARTS) is 1. The van der Waals surface area contributed by atoms with Crippen LogP contribution in [0.25, 0.3) is 10.9 Å². The van der Waals surface area contributed by atoms with Crippen LogP contribution in [0, 0.1) is 0 Å². The van der Waals surface area contributed by atoms with E-state index in [0.29, 0.717) is 58.1 Å². The van der Waals surface area contributed by atoms with Gasteiger partial charge in [0.25, 0.3) is 0 Å². The molecule has 3 unspecified atom stereocenters. The first-order chi connectivity index (χ1) is 50.3. The van der Waals surface area contributed by atoms with Crippen molar-refractivity contribution in [2.75, 3.05) is 24.7 Å². The third-order valence-corrected chi connectivity index (χ3v) is 19.8. The van der Waals surface area contributed by atoms with Crippen molar-refractivity contribution in [1.82, 2.24) is 63.5 Å². The summed E-state index contributed by atoms with van der Waals surface area (Å²) in [4.78, 5) is 163. The van der Waals surface area contributed by atoms with Crippen molar-refractivity contribution >= 4 is 97.5 Å². The van der Waals surface area contributed by atoms with Crippen LogP contribution in [0.3, 0.4) is 0 Å². The van der Waals surface area contributed by atoms with Crippen molar-refractivity contribution in [2.24, 2.45) is 11.5 Å². The molecule has 0 radical (unpaired) electrons. The van der Waals surface area contributed by atoms with Gasteiger partial charge in [0.1, 0.15) is 60.4 Å². The molecule has 6 aromatic rings. The van der Waals surface area contributed by atoms with Crippen molar-refractivity contribution in [3.63, 3.8) is 0 Å². The van der Waals surface area contributed by atoms with Crippen LogP contribution in [0.2, 0.25) is 0 Å². The molecule has 29 nitrogen and oxygen atoms in total. The zero-order valence-corrected chi connectivity index (χ0v) is 60.5. The average Bonchev–Trinajstić information content (AvgIpc) is 1.78. The summed E-state index contributed by atoms with van der Waals surface area (Å²) in [6.07, 6.45) is -2.02. The number of nitrogens with two attached hydrogens (primary N) is 2. The molecule has 564 valence electrons. The number of carboxylic acids is 1. The summed E-state index contributed by atoms with van der Waals surface area (Å²) in [7, 11) is 1.84. The molecule has 13 atom stereocenters. The van der Waals surface area contributed by atoms with E-state index in [1.165, 1.54) is 6.92 Å². The number of aromatic amines is 1. The summed E-state index contributed by atoms with van der Waals surface area (Å²) in [5, 5.41) is 73.1. The predicted octanol–water partition coefficient (Wildman–Crippen LogP) is -0.283. The van der Waals surface area contributed by atoms with Crippen molar-refractivity contribution in [3.8, 4) is 0 Å². The number of nitrogens with one attached hydrogen (secondary N) is 12. The van der Waals surface area contributed by atoms with Gasteiger partial charge in [-0.2, -0.15) is 0 Å². The van der Waals surface area contributed by atoms with Crippen LogP contribution in [0.15, 0.2) is 146 Å². The minimum atomic E-state index is -1.91. The summed E-state index contributed by atoms with van der Waals surface area (Å²) in [5.74, 6) is -11.9. The Kier molecular flexibility index (Phi) is 32.8. The third kappa shape index (κ3) is 26.1. The SMILES string of the molecule is CC(C)NCc1ccc(C[C@@H]2NC(=O)[C@@H](Cc3c[nH]c4ccccc34)NC(=O)[C@H](Cc3ccccc3)NC(=O)C(Cc3ccccc3)NC(=O)[C@H](CCCCN)NC(=O)[C@@H](N)CSSC[C@@H](C(=O)O)NC(=O)[C@H](CO)NC(=O)C([C@@H](C)O)NC(=O)[C@H](Cc3ccccc3)NC(=O)C([C@@H](C)O)NC2=O)cc1. The Hall–Kier alpha value is -9.73. The van der Waals surface area contributed by atoms with Crippen LogP contribution in [-0.2, 0) is 91.4 Å². The topological polar surface area (TPSA) is 469 Å². The molecule has 1 aliphatic rings. The van der Waals surface area contributed by atoms with E-state index < -0.39 is 150 Å². The first-order valence-electron chi connectivity index (χ1n) is 34.7. The average molecular weight is 1490 g/mol. The Labute approximate surface area is 616 Å². The zero-order chi connectivity index (χ0) is 76.1. The highest BCUT2D eigenvalue weighted by molar-refractivity contribution is 8.76. The summed E-state index contributed by atoms with van der Waals surface area (Å²) < 4.78 is 0. The first kappa shape index (κ1) is 82.6. The van der Waals surface area contributed by atoms with Gasteiger partial charge in [0, 0.05) is 73.3 Å². The van der Waals surface area contributed by atoms with E-state index in [2.05, 4.69) is 63.5 Å². The second kappa shape index (κ2) is 41.7. The van der Waals surface area contributed by atoms with Gasteiger partial charge in [-0.3, -0.25) is 47.9 Å². The Balaban J connectivity index is 1.31. The number of fused-ring (bicyclic) bond motifs is 1. The molecule has 105 heavy (non-hydrogen) atoms. The second-order valence-electron chi connectivity index (χ2n) is 26.1. The van der Waals surface area contributed by atoms with Gasteiger partial charge in [-0.15, -0.1) is 0 Å². The minimum Gasteiger partial charge on any atom is -0.480 e. The van der Waals surface area contributed by atoms with Crippen molar-refractivity contribution in [2.45, 2.75) is 170 Å². The van der Waals surface area contributed by atoms with Crippen LogP contribution in [0.5, 0.6) is 0 Å². The number of hydrogen-bond acceptors (Lipinski definition) is 19. The molecule has 1 fully saturated rings. The molecule has 10 amide bonds. The van der Waals surface area contributed by atoms with Crippen molar-refractivity contribution in [1.29, 1.82) is 0 Å². The number of aliphatic carboxylic acids is 1. The van der Waals surface area contributed by atoms with Gasteiger partial charge < -0.3 is 95.4 Å². The molecule has 31 heteroatoms. The number of aromatic nitrogens is 1.